The topological polar surface area (TPSA) is 66.6 Å². The predicted octanol–water partition coefficient (Wildman–Crippen LogP) is 2.95. The van der Waals surface area contributed by atoms with Gasteiger partial charge in [0, 0.05) is 17.7 Å². The van der Waals surface area contributed by atoms with E-state index in [1.807, 2.05) is 25.1 Å². The number of hydrogen-bond acceptors (Lipinski definition) is 3. The Hall–Kier alpha value is -2.49. The van der Waals surface area contributed by atoms with Crippen molar-refractivity contribution < 1.29 is 9.90 Å². The molecule has 3 N–H and O–H groups in total. The third-order valence-electron chi connectivity index (χ3n) is 3.32. The average Bonchev–Trinajstić information content (AvgIpc) is 2.44. The van der Waals surface area contributed by atoms with Gasteiger partial charge < -0.3 is 15.7 Å². The van der Waals surface area contributed by atoms with Gasteiger partial charge in [-0.25, -0.2) is 0 Å². The van der Waals surface area contributed by atoms with E-state index in [0.29, 0.717) is 29.0 Å². The quantitative estimate of drug-likeness (QED) is 0.843. The number of rotatable bonds is 3. The number of phenols is 1. The summed E-state index contributed by atoms with van der Waals surface area (Å²) >= 11 is 0. The molecule has 0 atom stereocenters. The molecule has 0 aliphatic rings. The van der Waals surface area contributed by atoms with Crippen molar-refractivity contribution in [2.45, 2.75) is 13.8 Å². The zero-order chi connectivity index (χ0) is 14.7. The molecule has 4 heteroatoms. The second-order valence-electron chi connectivity index (χ2n) is 4.56. The van der Waals surface area contributed by atoms with Crippen molar-refractivity contribution in [1.82, 2.24) is 0 Å². The number of benzene rings is 2. The van der Waals surface area contributed by atoms with E-state index in [4.69, 9.17) is 5.73 Å². The number of carbonyl (C=O) groups excluding carboxylic acids is 1. The number of phenolic OH excluding ortho intramolecular Hbond substituents is 1. The molecule has 1 amide bonds. The smallest absolute Gasteiger partial charge is 0.258 e. The van der Waals surface area contributed by atoms with E-state index in [0.717, 1.165) is 0 Å². The average molecular weight is 270 g/mol. The van der Waals surface area contributed by atoms with Crippen LogP contribution >= 0.6 is 0 Å². The summed E-state index contributed by atoms with van der Waals surface area (Å²) in [5.74, 6) is -0.0493. The largest absolute Gasteiger partial charge is 0.508 e. The third-order valence-corrected chi connectivity index (χ3v) is 3.32. The first-order valence-electron chi connectivity index (χ1n) is 6.51. The number of nitrogens with two attached hydrogens (primary N) is 1. The lowest BCUT2D eigenvalue weighted by atomic mass is 10.1. The van der Waals surface area contributed by atoms with Gasteiger partial charge in [-0.2, -0.15) is 0 Å². The highest BCUT2D eigenvalue weighted by atomic mass is 16.3. The Morgan fingerprint density at radius 2 is 1.90 bits per heavy atom. The van der Waals surface area contributed by atoms with E-state index in [1.54, 1.807) is 36.1 Å². The summed E-state index contributed by atoms with van der Waals surface area (Å²) in [5, 5.41) is 9.73. The van der Waals surface area contributed by atoms with Gasteiger partial charge in [-0.15, -0.1) is 0 Å². The lowest BCUT2D eigenvalue weighted by Gasteiger charge is -2.23. The number of carbonyl (C=O) groups is 1. The van der Waals surface area contributed by atoms with Gasteiger partial charge >= 0.3 is 0 Å². The summed E-state index contributed by atoms with van der Waals surface area (Å²) in [6.07, 6.45) is 0. The highest BCUT2D eigenvalue weighted by Crippen LogP contribution is 2.27. The van der Waals surface area contributed by atoms with E-state index >= 15 is 0 Å². The molecule has 0 heterocycles. The van der Waals surface area contributed by atoms with Gasteiger partial charge in [0.15, 0.2) is 0 Å². The normalized spacial score (nSPS) is 10.3. The van der Waals surface area contributed by atoms with Crippen LogP contribution in [0, 0.1) is 6.92 Å². The first-order valence-corrected chi connectivity index (χ1v) is 6.51. The Labute approximate surface area is 118 Å². The van der Waals surface area contributed by atoms with Crippen molar-refractivity contribution in [3.63, 3.8) is 0 Å². The Kier molecular flexibility index (Phi) is 3.94. The molecule has 0 unspecified atom stereocenters. The zero-order valence-electron chi connectivity index (χ0n) is 11.6. The van der Waals surface area contributed by atoms with Crippen molar-refractivity contribution in [2.24, 2.45) is 0 Å². The number of hydrogen-bond donors (Lipinski definition) is 2. The summed E-state index contributed by atoms with van der Waals surface area (Å²) in [5.41, 5.74) is 8.23. The van der Waals surface area contributed by atoms with Crippen molar-refractivity contribution in [1.29, 1.82) is 0 Å². The highest BCUT2D eigenvalue weighted by molar-refractivity contribution is 6.08. The number of nitrogens with zero attached hydrogens (tertiary/aromatic N) is 1. The SMILES string of the molecule is CCN(C(=O)c1cccc(O)c1C)c1ccccc1N. The van der Waals surface area contributed by atoms with Gasteiger partial charge in [-0.3, -0.25) is 4.79 Å². The van der Waals surface area contributed by atoms with Crippen LogP contribution in [0.1, 0.15) is 22.8 Å². The molecule has 0 bridgehead atoms. The Morgan fingerprint density at radius 3 is 2.55 bits per heavy atom. The lowest BCUT2D eigenvalue weighted by molar-refractivity contribution is 0.0987. The van der Waals surface area contributed by atoms with E-state index in [1.165, 1.54) is 0 Å². The van der Waals surface area contributed by atoms with Crippen LogP contribution in [0.2, 0.25) is 0 Å². The first kappa shape index (κ1) is 13.9. The molecule has 0 aliphatic heterocycles. The molecule has 0 spiro atoms. The molecule has 104 valence electrons. The van der Waals surface area contributed by atoms with Crippen LogP contribution in [0.25, 0.3) is 0 Å². The van der Waals surface area contributed by atoms with Crippen LogP contribution in [0.5, 0.6) is 5.75 Å². The molecule has 0 saturated heterocycles. The number of nitrogen functional groups attached to an aromatic ring is 1. The number of para-hydroxylation sites is 2. The van der Waals surface area contributed by atoms with Crippen molar-refractivity contribution in [3.8, 4) is 5.75 Å². The molecule has 4 nitrogen and oxygen atoms in total. The summed E-state index contributed by atoms with van der Waals surface area (Å²) in [4.78, 5) is 14.3. The zero-order valence-corrected chi connectivity index (χ0v) is 11.6. The van der Waals surface area contributed by atoms with Gasteiger partial charge in [-0.1, -0.05) is 18.2 Å². The summed E-state index contributed by atoms with van der Waals surface area (Å²) in [6.45, 7) is 4.12. The Bertz CT molecular complexity index is 638. The Balaban J connectivity index is 2.45. The minimum atomic E-state index is -0.168. The number of aromatic hydroxyl groups is 1. The number of amides is 1. The first-order chi connectivity index (χ1) is 9.56. The minimum absolute atomic E-state index is 0.118. The summed E-state index contributed by atoms with van der Waals surface area (Å²) < 4.78 is 0. The molecule has 2 aromatic carbocycles. The van der Waals surface area contributed by atoms with Gasteiger partial charge in [0.05, 0.1) is 11.4 Å². The second kappa shape index (κ2) is 5.65. The van der Waals surface area contributed by atoms with Crippen molar-refractivity contribution >= 4 is 17.3 Å². The molecule has 2 rings (SSSR count). The van der Waals surface area contributed by atoms with E-state index in [-0.39, 0.29) is 11.7 Å². The molecular weight excluding hydrogens is 252 g/mol. The molecule has 0 saturated carbocycles. The maximum atomic E-state index is 12.7. The monoisotopic (exact) mass is 270 g/mol. The van der Waals surface area contributed by atoms with Crippen molar-refractivity contribution in [2.75, 3.05) is 17.2 Å². The fraction of sp³-hybridized carbons (Fsp3) is 0.188. The van der Waals surface area contributed by atoms with Gasteiger partial charge in [-0.05, 0) is 38.1 Å². The van der Waals surface area contributed by atoms with Crippen LogP contribution in [-0.2, 0) is 0 Å². The van der Waals surface area contributed by atoms with Crippen LogP contribution < -0.4 is 10.6 Å². The molecule has 0 radical (unpaired) electrons. The van der Waals surface area contributed by atoms with Crippen LogP contribution in [0.15, 0.2) is 42.5 Å². The fourth-order valence-electron chi connectivity index (χ4n) is 2.16. The van der Waals surface area contributed by atoms with E-state index < -0.39 is 0 Å². The number of anilines is 2. The molecular formula is C16H18N2O2. The minimum Gasteiger partial charge on any atom is -0.508 e. The highest BCUT2D eigenvalue weighted by Gasteiger charge is 2.20. The summed E-state index contributed by atoms with van der Waals surface area (Å²) in [6, 6.07) is 12.2. The van der Waals surface area contributed by atoms with Crippen LogP contribution in [0.4, 0.5) is 11.4 Å². The summed E-state index contributed by atoms with van der Waals surface area (Å²) in [7, 11) is 0. The van der Waals surface area contributed by atoms with Crippen LogP contribution in [-0.4, -0.2) is 17.6 Å². The lowest BCUT2D eigenvalue weighted by Crippen LogP contribution is -2.31. The van der Waals surface area contributed by atoms with Crippen LogP contribution in [0.3, 0.4) is 0 Å². The van der Waals surface area contributed by atoms with E-state index in [2.05, 4.69) is 0 Å². The van der Waals surface area contributed by atoms with Gasteiger partial charge in [0.2, 0.25) is 0 Å². The fourth-order valence-corrected chi connectivity index (χ4v) is 2.16. The molecule has 0 fully saturated rings. The molecule has 20 heavy (non-hydrogen) atoms. The Morgan fingerprint density at radius 1 is 1.20 bits per heavy atom. The maximum Gasteiger partial charge on any atom is 0.258 e. The van der Waals surface area contributed by atoms with E-state index in [9.17, 15) is 9.90 Å². The molecule has 0 aliphatic carbocycles. The molecule has 0 aromatic heterocycles. The second-order valence-corrected chi connectivity index (χ2v) is 4.56. The molecule has 2 aromatic rings. The van der Waals surface area contributed by atoms with Crippen molar-refractivity contribution in [3.05, 3.63) is 53.6 Å². The third kappa shape index (κ3) is 2.45. The van der Waals surface area contributed by atoms with Gasteiger partial charge in [0.1, 0.15) is 5.75 Å². The predicted molar refractivity (Wildman–Crippen MR) is 81.0 cm³/mol. The maximum absolute atomic E-state index is 12.7. The standard InChI is InChI=1S/C16H18N2O2/c1-3-18(14-9-5-4-8-13(14)17)16(20)12-7-6-10-15(19)11(12)2/h4-10,19H,3,17H2,1-2H3. The van der Waals surface area contributed by atoms with Gasteiger partial charge in [0.25, 0.3) is 5.91 Å².